The molecule has 0 spiro atoms. The summed E-state index contributed by atoms with van der Waals surface area (Å²) in [6.45, 7) is 4.02. The van der Waals surface area contributed by atoms with Gasteiger partial charge in [-0.1, -0.05) is 0 Å². The Labute approximate surface area is 133 Å². The smallest absolute Gasteiger partial charge is 0.214 e. The first kappa shape index (κ1) is 16.0. The lowest BCUT2D eigenvalue weighted by atomic mass is 10.3. The summed E-state index contributed by atoms with van der Waals surface area (Å²) in [5, 5.41) is 6.69. The number of hydrogen-bond donors (Lipinski definition) is 2. The second kappa shape index (κ2) is 6.72. The second-order valence-corrected chi connectivity index (χ2v) is 8.51. The van der Waals surface area contributed by atoms with Crippen molar-refractivity contribution in [3.05, 3.63) is 0 Å². The third-order valence-corrected chi connectivity index (χ3v) is 6.66. The minimum Gasteiger partial charge on any atom is -0.355 e. The zero-order valence-electron chi connectivity index (χ0n) is 13.3. The molecule has 0 aromatic carbocycles. The Hall–Kier alpha value is -0.860. The van der Waals surface area contributed by atoms with Crippen LogP contribution < -0.4 is 10.6 Å². The first-order valence-corrected chi connectivity index (χ1v) is 9.88. The zero-order chi connectivity index (χ0) is 15.6. The van der Waals surface area contributed by atoms with Crippen LogP contribution in [0.25, 0.3) is 0 Å². The molecule has 1 aliphatic carbocycles. The van der Waals surface area contributed by atoms with E-state index in [2.05, 4.69) is 20.5 Å². The average Bonchev–Trinajstić information content (AvgIpc) is 3.14. The van der Waals surface area contributed by atoms with E-state index in [4.69, 9.17) is 0 Å². The lowest BCUT2D eigenvalue weighted by Crippen LogP contribution is -2.46. The van der Waals surface area contributed by atoms with Crippen molar-refractivity contribution in [1.29, 1.82) is 0 Å². The third-order valence-electron chi connectivity index (χ3n) is 4.70. The average molecular weight is 329 g/mol. The minimum atomic E-state index is -3.00. The van der Waals surface area contributed by atoms with E-state index < -0.39 is 10.0 Å². The maximum Gasteiger partial charge on any atom is 0.214 e. The maximum absolute atomic E-state index is 11.7. The summed E-state index contributed by atoms with van der Waals surface area (Å²) in [6.07, 6.45) is 4.60. The first-order chi connectivity index (χ1) is 10.6. The summed E-state index contributed by atoms with van der Waals surface area (Å²) in [5.41, 5.74) is 0. The number of sulfonamides is 1. The van der Waals surface area contributed by atoms with Crippen molar-refractivity contribution >= 4 is 16.0 Å². The fraction of sp³-hybridized carbons (Fsp3) is 0.929. The van der Waals surface area contributed by atoms with Crippen LogP contribution in [-0.2, 0) is 10.0 Å². The largest absolute Gasteiger partial charge is 0.355 e. The molecule has 1 saturated carbocycles. The van der Waals surface area contributed by atoms with E-state index in [0.717, 1.165) is 31.4 Å². The molecule has 1 unspecified atom stereocenters. The lowest BCUT2D eigenvalue weighted by Gasteiger charge is -2.20. The van der Waals surface area contributed by atoms with Crippen molar-refractivity contribution in [2.75, 3.05) is 45.5 Å². The Balaban J connectivity index is 1.39. The molecule has 0 aromatic heterocycles. The summed E-state index contributed by atoms with van der Waals surface area (Å²) in [6, 6.07) is 1.27. The fourth-order valence-electron chi connectivity index (χ4n) is 3.31. The van der Waals surface area contributed by atoms with Gasteiger partial charge in [-0.05, 0) is 25.7 Å². The van der Waals surface area contributed by atoms with Gasteiger partial charge in [0.15, 0.2) is 5.96 Å². The predicted molar refractivity (Wildman–Crippen MR) is 87.5 cm³/mol. The van der Waals surface area contributed by atoms with Crippen LogP contribution >= 0.6 is 0 Å². The van der Waals surface area contributed by atoms with E-state index >= 15 is 0 Å². The highest BCUT2D eigenvalue weighted by molar-refractivity contribution is 7.89. The summed E-state index contributed by atoms with van der Waals surface area (Å²) < 4.78 is 25.0. The molecule has 1 atom stereocenters. The highest BCUT2D eigenvalue weighted by Gasteiger charge is 2.34. The van der Waals surface area contributed by atoms with Crippen molar-refractivity contribution in [3.8, 4) is 0 Å². The van der Waals surface area contributed by atoms with Gasteiger partial charge in [-0.15, -0.1) is 0 Å². The molecule has 2 aliphatic heterocycles. The van der Waals surface area contributed by atoms with Crippen molar-refractivity contribution in [2.45, 2.75) is 37.8 Å². The van der Waals surface area contributed by atoms with Crippen LogP contribution in [0.15, 0.2) is 4.99 Å². The molecule has 7 nitrogen and oxygen atoms in total. The maximum atomic E-state index is 11.7. The van der Waals surface area contributed by atoms with Crippen LogP contribution in [0.4, 0.5) is 0 Å². The van der Waals surface area contributed by atoms with E-state index in [1.54, 1.807) is 11.4 Å². The van der Waals surface area contributed by atoms with E-state index in [-0.39, 0.29) is 0 Å². The van der Waals surface area contributed by atoms with Crippen LogP contribution in [0.2, 0.25) is 0 Å². The van der Waals surface area contributed by atoms with Crippen molar-refractivity contribution in [2.24, 2.45) is 4.99 Å². The van der Waals surface area contributed by atoms with E-state index in [9.17, 15) is 8.42 Å². The van der Waals surface area contributed by atoms with Crippen LogP contribution in [0.3, 0.4) is 0 Å². The SMILES string of the molecule is CN=C(NCCN1CCCS1(=O)=O)NC1CCN(C2CC2)C1. The number of nitrogens with one attached hydrogen (secondary N) is 2. The third kappa shape index (κ3) is 3.91. The van der Waals surface area contributed by atoms with Gasteiger partial charge < -0.3 is 10.6 Å². The monoisotopic (exact) mass is 329 g/mol. The first-order valence-electron chi connectivity index (χ1n) is 8.27. The quantitative estimate of drug-likeness (QED) is 0.521. The van der Waals surface area contributed by atoms with Gasteiger partial charge in [0.1, 0.15) is 0 Å². The molecule has 2 heterocycles. The van der Waals surface area contributed by atoms with Crippen LogP contribution in [0.1, 0.15) is 25.7 Å². The Morgan fingerprint density at radius 3 is 2.73 bits per heavy atom. The van der Waals surface area contributed by atoms with Crippen LogP contribution in [-0.4, -0.2) is 81.2 Å². The molecule has 22 heavy (non-hydrogen) atoms. The molecule has 3 aliphatic rings. The molecule has 2 N–H and O–H groups in total. The molecule has 3 fully saturated rings. The van der Waals surface area contributed by atoms with E-state index in [0.29, 0.717) is 31.4 Å². The Kier molecular flexibility index (Phi) is 4.89. The molecule has 126 valence electrons. The molecule has 0 aromatic rings. The number of guanidine groups is 1. The second-order valence-electron chi connectivity index (χ2n) is 6.42. The van der Waals surface area contributed by atoms with Crippen molar-refractivity contribution in [3.63, 3.8) is 0 Å². The molecular formula is C14H27N5O2S. The summed E-state index contributed by atoms with van der Waals surface area (Å²) >= 11 is 0. The Morgan fingerprint density at radius 2 is 2.09 bits per heavy atom. The Bertz CT molecular complexity index is 517. The standard InChI is InChI=1S/C14H27N5O2S/c1-15-14(16-6-9-19-7-2-10-22(19,20)21)17-12-5-8-18(11-12)13-3-4-13/h12-13H,2-11H2,1H3,(H2,15,16,17). The van der Waals surface area contributed by atoms with Crippen LogP contribution in [0.5, 0.6) is 0 Å². The molecular weight excluding hydrogens is 302 g/mol. The summed E-state index contributed by atoms with van der Waals surface area (Å²) in [7, 11) is -1.24. The van der Waals surface area contributed by atoms with E-state index in [1.165, 1.54) is 19.4 Å². The molecule has 0 bridgehead atoms. The van der Waals surface area contributed by atoms with Gasteiger partial charge in [0.2, 0.25) is 10.0 Å². The van der Waals surface area contributed by atoms with Gasteiger partial charge in [-0.2, -0.15) is 0 Å². The van der Waals surface area contributed by atoms with Gasteiger partial charge in [-0.3, -0.25) is 9.89 Å². The van der Waals surface area contributed by atoms with Gasteiger partial charge in [0, 0.05) is 51.9 Å². The summed E-state index contributed by atoms with van der Waals surface area (Å²) in [5.74, 6) is 1.07. The Morgan fingerprint density at radius 1 is 1.27 bits per heavy atom. The zero-order valence-corrected chi connectivity index (χ0v) is 14.1. The number of hydrogen-bond acceptors (Lipinski definition) is 4. The number of nitrogens with zero attached hydrogens (tertiary/aromatic N) is 3. The van der Waals surface area contributed by atoms with E-state index in [1.807, 2.05) is 0 Å². The number of likely N-dealkylation sites (tertiary alicyclic amines) is 1. The highest BCUT2D eigenvalue weighted by Crippen LogP contribution is 2.29. The van der Waals surface area contributed by atoms with Gasteiger partial charge in [-0.25, -0.2) is 12.7 Å². The molecule has 3 rings (SSSR count). The lowest BCUT2D eigenvalue weighted by molar-refractivity contribution is 0.321. The highest BCUT2D eigenvalue weighted by atomic mass is 32.2. The van der Waals surface area contributed by atoms with Gasteiger partial charge in [0.05, 0.1) is 5.75 Å². The number of aliphatic imine (C=N–C) groups is 1. The molecule has 0 radical (unpaired) electrons. The normalized spacial score (nSPS) is 29.9. The van der Waals surface area contributed by atoms with Crippen molar-refractivity contribution < 1.29 is 8.42 Å². The fourth-order valence-corrected chi connectivity index (χ4v) is 4.83. The van der Waals surface area contributed by atoms with Crippen molar-refractivity contribution in [1.82, 2.24) is 19.8 Å². The minimum absolute atomic E-state index is 0.291. The molecule has 8 heteroatoms. The number of rotatable bonds is 5. The van der Waals surface area contributed by atoms with Crippen LogP contribution in [0, 0.1) is 0 Å². The molecule has 0 amide bonds. The topological polar surface area (TPSA) is 77.0 Å². The molecule has 2 saturated heterocycles. The summed E-state index contributed by atoms with van der Waals surface area (Å²) in [4.78, 5) is 6.80. The van der Waals surface area contributed by atoms with Gasteiger partial charge >= 0.3 is 0 Å². The predicted octanol–water partition coefficient (Wildman–Crippen LogP) is -0.576. The van der Waals surface area contributed by atoms with Gasteiger partial charge in [0.25, 0.3) is 0 Å².